The zero-order chi connectivity index (χ0) is 9.26. The summed E-state index contributed by atoms with van der Waals surface area (Å²) in [4.78, 5) is 4.19. The van der Waals surface area contributed by atoms with Crippen molar-refractivity contribution in [1.82, 2.24) is 4.98 Å². The summed E-state index contributed by atoms with van der Waals surface area (Å²) in [5.74, 6) is 0. The third-order valence-electron chi connectivity index (χ3n) is 2.08. The van der Waals surface area contributed by atoms with Crippen LogP contribution in [0.2, 0.25) is 5.15 Å². The quantitative estimate of drug-likeness (QED) is 0.590. The molecule has 0 N–H and O–H groups in total. The fraction of sp³-hybridized carbons (Fsp3) is 0.200. The average Bonchev–Trinajstić information content (AvgIpc) is 2.17. The van der Waals surface area contributed by atoms with Crippen LogP contribution in [0, 0.1) is 11.3 Å². The number of hydrogen-bond acceptors (Lipinski definition) is 2. The van der Waals surface area contributed by atoms with Crippen LogP contribution in [0.15, 0.2) is 17.7 Å². The van der Waals surface area contributed by atoms with E-state index in [4.69, 9.17) is 16.9 Å². The molecule has 0 amide bonds. The number of hydrogen-bond donors (Lipinski definition) is 0. The van der Waals surface area contributed by atoms with Crippen LogP contribution in [-0.2, 0) is 6.42 Å². The normalized spacial score (nSPS) is 14.3. The molecule has 2 rings (SSSR count). The van der Waals surface area contributed by atoms with E-state index in [1.54, 1.807) is 6.07 Å². The molecule has 1 heterocycles. The van der Waals surface area contributed by atoms with E-state index in [0.717, 1.165) is 29.7 Å². The van der Waals surface area contributed by atoms with Crippen molar-refractivity contribution in [1.29, 1.82) is 5.26 Å². The lowest BCUT2D eigenvalue weighted by atomic mass is 9.97. The Morgan fingerprint density at radius 2 is 2.23 bits per heavy atom. The predicted molar refractivity (Wildman–Crippen MR) is 51.2 cm³/mol. The van der Waals surface area contributed by atoms with Gasteiger partial charge in [-0.25, -0.2) is 4.98 Å². The van der Waals surface area contributed by atoms with E-state index in [9.17, 15) is 0 Å². The molecule has 0 atom stereocenters. The van der Waals surface area contributed by atoms with Crippen molar-refractivity contribution >= 4 is 17.7 Å². The van der Waals surface area contributed by atoms with E-state index >= 15 is 0 Å². The molecular formula is C10H7ClN2. The molecule has 0 unspecified atom stereocenters. The highest BCUT2D eigenvalue weighted by Crippen LogP contribution is 2.23. The number of halogens is 1. The molecule has 3 heteroatoms. The maximum atomic E-state index is 8.71. The minimum atomic E-state index is 0.521. The van der Waals surface area contributed by atoms with Crippen molar-refractivity contribution in [3.8, 4) is 6.07 Å². The van der Waals surface area contributed by atoms with Gasteiger partial charge in [-0.05, 0) is 30.5 Å². The largest absolute Gasteiger partial charge is 0.241 e. The molecule has 1 aromatic heterocycles. The van der Waals surface area contributed by atoms with Crippen molar-refractivity contribution in [3.63, 3.8) is 0 Å². The van der Waals surface area contributed by atoms with E-state index in [1.165, 1.54) is 0 Å². The number of nitrogens with zero attached hydrogens (tertiary/aromatic N) is 2. The monoisotopic (exact) mass is 190 g/mol. The number of aromatic nitrogens is 1. The molecule has 64 valence electrons. The van der Waals surface area contributed by atoms with Crippen LogP contribution in [0.25, 0.3) is 6.08 Å². The Kier molecular flexibility index (Phi) is 2.03. The Hall–Kier alpha value is -1.33. The zero-order valence-electron chi connectivity index (χ0n) is 6.92. The lowest BCUT2D eigenvalue weighted by molar-refractivity contribution is 0.903. The van der Waals surface area contributed by atoms with Gasteiger partial charge in [0.1, 0.15) is 5.15 Å². The van der Waals surface area contributed by atoms with Gasteiger partial charge in [-0.1, -0.05) is 17.7 Å². The van der Waals surface area contributed by atoms with Crippen LogP contribution < -0.4 is 0 Å². The highest BCUT2D eigenvalue weighted by Gasteiger charge is 2.11. The first-order chi connectivity index (χ1) is 6.29. The Labute approximate surface area is 81.5 Å². The Bertz CT molecular complexity index is 415. The van der Waals surface area contributed by atoms with Gasteiger partial charge in [0.15, 0.2) is 0 Å². The number of allylic oxidation sites excluding steroid dienone is 1. The number of fused-ring (bicyclic) bond motifs is 1. The van der Waals surface area contributed by atoms with Gasteiger partial charge in [-0.2, -0.15) is 5.26 Å². The standard InChI is InChI=1S/C10H7ClN2/c11-10-4-2-8-5-7(6-12)1-3-9(8)13-10/h2,4-5H,1,3H2. The minimum absolute atomic E-state index is 0.521. The molecular weight excluding hydrogens is 184 g/mol. The maximum Gasteiger partial charge on any atom is 0.129 e. The number of pyridine rings is 1. The summed E-state index contributed by atoms with van der Waals surface area (Å²) in [6.45, 7) is 0. The number of nitriles is 1. The Balaban J connectivity index is 2.50. The van der Waals surface area contributed by atoms with Crippen LogP contribution in [0.1, 0.15) is 17.7 Å². The van der Waals surface area contributed by atoms with Crippen molar-refractivity contribution in [3.05, 3.63) is 34.1 Å². The van der Waals surface area contributed by atoms with Gasteiger partial charge in [0.05, 0.1) is 6.07 Å². The van der Waals surface area contributed by atoms with Crippen LogP contribution >= 0.6 is 11.6 Å². The topological polar surface area (TPSA) is 36.7 Å². The molecule has 0 fully saturated rings. The van der Waals surface area contributed by atoms with E-state index in [2.05, 4.69) is 11.1 Å². The van der Waals surface area contributed by atoms with Crippen molar-refractivity contribution < 1.29 is 0 Å². The summed E-state index contributed by atoms with van der Waals surface area (Å²) in [5.41, 5.74) is 2.83. The van der Waals surface area contributed by atoms with Gasteiger partial charge in [0, 0.05) is 11.3 Å². The van der Waals surface area contributed by atoms with Crippen molar-refractivity contribution in [2.24, 2.45) is 0 Å². The van der Waals surface area contributed by atoms with E-state index in [0.29, 0.717) is 5.15 Å². The third kappa shape index (κ3) is 1.56. The molecule has 0 aromatic carbocycles. The average molecular weight is 191 g/mol. The lowest BCUT2D eigenvalue weighted by Gasteiger charge is -2.10. The fourth-order valence-corrected chi connectivity index (χ4v) is 1.58. The molecule has 0 spiro atoms. The molecule has 0 saturated carbocycles. The second kappa shape index (κ2) is 3.20. The smallest absolute Gasteiger partial charge is 0.129 e. The maximum absolute atomic E-state index is 8.71. The summed E-state index contributed by atoms with van der Waals surface area (Å²) in [7, 11) is 0. The molecule has 0 radical (unpaired) electrons. The van der Waals surface area contributed by atoms with Crippen molar-refractivity contribution in [2.45, 2.75) is 12.8 Å². The lowest BCUT2D eigenvalue weighted by Crippen LogP contribution is -2.00. The summed E-state index contributed by atoms with van der Waals surface area (Å²) in [5, 5.41) is 9.23. The highest BCUT2D eigenvalue weighted by atomic mass is 35.5. The number of rotatable bonds is 0. The molecule has 0 bridgehead atoms. The van der Waals surface area contributed by atoms with Crippen molar-refractivity contribution in [2.75, 3.05) is 0 Å². The molecule has 0 aliphatic heterocycles. The van der Waals surface area contributed by atoms with Gasteiger partial charge in [0.2, 0.25) is 0 Å². The number of aryl methyl sites for hydroxylation is 1. The minimum Gasteiger partial charge on any atom is -0.241 e. The Morgan fingerprint density at radius 1 is 1.38 bits per heavy atom. The molecule has 0 saturated heterocycles. The van der Waals surface area contributed by atoms with Crippen LogP contribution in [0.5, 0.6) is 0 Å². The predicted octanol–water partition coefficient (Wildman–Crippen LogP) is 2.59. The van der Waals surface area contributed by atoms with Gasteiger partial charge < -0.3 is 0 Å². The van der Waals surface area contributed by atoms with Gasteiger partial charge in [-0.3, -0.25) is 0 Å². The SMILES string of the molecule is N#CC1=Cc2ccc(Cl)nc2CC1. The third-order valence-corrected chi connectivity index (χ3v) is 2.29. The van der Waals surface area contributed by atoms with E-state index < -0.39 is 0 Å². The first kappa shape index (κ1) is 8.28. The van der Waals surface area contributed by atoms with E-state index in [1.807, 2.05) is 12.1 Å². The van der Waals surface area contributed by atoms with Gasteiger partial charge in [0.25, 0.3) is 0 Å². The zero-order valence-corrected chi connectivity index (χ0v) is 7.67. The molecule has 2 nitrogen and oxygen atoms in total. The first-order valence-corrected chi connectivity index (χ1v) is 4.43. The Morgan fingerprint density at radius 3 is 3.00 bits per heavy atom. The van der Waals surface area contributed by atoms with Crippen LogP contribution in [0.3, 0.4) is 0 Å². The second-order valence-corrected chi connectivity index (χ2v) is 3.34. The van der Waals surface area contributed by atoms with Crippen LogP contribution in [0.4, 0.5) is 0 Å². The summed E-state index contributed by atoms with van der Waals surface area (Å²) in [6.07, 6.45) is 3.47. The fourth-order valence-electron chi connectivity index (χ4n) is 1.42. The van der Waals surface area contributed by atoms with Gasteiger partial charge in [-0.15, -0.1) is 0 Å². The van der Waals surface area contributed by atoms with Crippen LogP contribution in [-0.4, -0.2) is 4.98 Å². The molecule has 1 aromatic rings. The van der Waals surface area contributed by atoms with E-state index in [-0.39, 0.29) is 0 Å². The molecule has 1 aliphatic carbocycles. The summed E-state index contributed by atoms with van der Waals surface area (Å²) >= 11 is 5.75. The van der Waals surface area contributed by atoms with Gasteiger partial charge >= 0.3 is 0 Å². The second-order valence-electron chi connectivity index (χ2n) is 2.95. The molecule has 13 heavy (non-hydrogen) atoms. The first-order valence-electron chi connectivity index (χ1n) is 4.05. The molecule has 1 aliphatic rings. The highest BCUT2D eigenvalue weighted by molar-refractivity contribution is 6.29. The summed E-state index contributed by atoms with van der Waals surface area (Å²) in [6, 6.07) is 5.81. The summed E-state index contributed by atoms with van der Waals surface area (Å²) < 4.78 is 0.